The first-order chi connectivity index (χ1) is 8.86. The van der Waals surface area contributed by atoms with Crippen molar-refractivity contribution in [1.82, 2.24) is 5.43 Å². The van der Waals surface area contributed by atoms with E-state index in [1.54, 1.807) is 11.3 Å². The predicted molar refractivity (Wildman–Crippen MR) is 80.6 cm³/mol. The number of hydrogen-bond donors (Lipinski definition) is 2. The largest absolute Gasteiger partial charge is 0.271 e. The second-order valence-corrected chi connectivity index (χ2v) is 5.67. The molecule has 0 radical (unpaired) electrons. The fraction of sp³-hybridized carbons (Fsp3) is 0.467. The van der Waals surface area contributed by atoms with Gasteiger partial charge in [0.25, 0.3) is 0 Å². The highest BCUT2D eigenvalue weighted by molar-refractivity contribution is 7.17. The molecule has 98 valence electrons. The maximum Gasteiger partial charge on any atom is 0.0474 e. The normalized spacial score (nSPS) is 13.0. The summed E-state index contributed by atoms with van der Waals surface area (Å²) in [5.41, 5.74) is 4.33. The van der Waals surface area contributed by atoms with E-state index >= 15 is 0 Å². The van der Waals surface area contributed by atoms with Gasteiger partial charge in [0, 0.05) is 10.7 Å². The van der Waals surface area contributed by atoms with Gasteiger partial charge in [-0.15, -0.1) is 11.3 Å². The van der Waals surface area contributed by atoms with Gasteiger partial charge in [-0.25, -0.2) is 0 Å². The highest BCUT2D eigenvalue weighted by Gasteiger charge is 2.13. The number of nitrogens with one attached hydrogen (secondary N) is 1. The number of hydrogen-bond acceptors (Lipinski definition) is 3. The molecule has 1 atom stereocenters. The third-order valence-corrected chi connectivity index (χ3v) is 4.41. The number of benzene rings is 1. The minimum atomic E-state index is 0.282. The van der Waals surface area contributed by atoms with Crippen LogP contribution in [0.5, 0.6) is 0 Å². The molecule has 3 heteroatoms. The number of fused-ring (bicyclic) bond motifs is 1. The first kappa shape index (κ1) is 13.5. The van der Waals surface area contributed by atoms with Crippen molar-refractivity contribution in [1.29, 1.82) is 0 Å². The summed E-state index contributed by atoms with van der Waals surface area (Å²) >= 11 is 1.81. The van der Waals surface area contributed by atoms with E-state index in [1.807, 2.05) is 0 Å². The third-order valence-electron chi connectivity index (χ3n) is 3.43. The van der Waals surface area contributed by atoms with Crippen molar-refractivity contribution >= 4 is 21.4 Å². The molecule has 1 aromatic carbocycles. The molecule has 1 heterocycles. The fourth-order valence-electron chi connectivity index (χ4n) is 2.39. The van der Waals surface area contributed by atoms with Crippen molar-refractivity contribution in [2.45, 2.75) is 45.1 Å². The molecule has 3 N–H and O–H groups in total. The molecular formula is C15H22N2S. The lowest BCUT2D eigenvalue weighted by molar-refractivity contribution is 0.485. The zero-order valence-corrected chi connectivity index (χ0v) is 11.8. The summed E-state index contributed by atoms with van der Waals surface area (Å²) in [5, 5.41) is 3.48. The lowest BCUT2D eigenvalue weighted by atomic mass is 9.99. The van der Waals surface area contributed by atoms with E-state index in [1.165, 1.54) is 41.3 Å². The van der Waals surface area contributed by atoms with Crippen LogP contribution in [0, 0.1) is 0 Å². The van der Waals surface area contributed by atoms with Crippen LogP contribution in [0.3, 0.4) is 0 Å². The molecular weight excluding hydrogens is 240 g/mol. The summed E-state index contributed by atoms with van der Waals surface area (Å²) in [6.07, 6.45) is 6.26. The third kappa shape index (κ3) is 3.10. The van der Waals surface area contributed by atoms with E-state index in [4.69, 9.17) is 5.84 Å². The molecule has 0 aliphatic carbocycles. The van der Waals surface area contributed by atoms with Crippen LogP contribution in [0.25, 0.3) is 10.1 Å². The van der Waals surface area contributed by atoms with Crippen molar-refractivity contribution in [3.8, 4) is 0 Å². The molecule has 2 nitrogen and oxygen atoms in total. The van der Waals surface area contributed by atoms with Crippen LogP contribution in [0.4, 0.5) is 0 Å². The van der Waals surface area contributed by atoms with Crippen molar-refractivity contribution < 1.29 is 0 Å². The predicted octanol–water partition coefficient (Wildman–Crippen LogP) is 4.38. The average Bonchev–Trinajstić information content (AvgIpc) is 2.87. The van der Waals surface area contributed by atoms with Crippen molar-refractivity contribution in [3.05, 3.63) is 35.2 Å². The Morgan fingerprint density at radius 2 is 2.11 bits per heavy atom. The van der Waals surface area contributed by atoms with E-state index in [2.05, 4.69) is 42.0 Å². The summed E-state index contributed by atoms with van der Waals surface area (Å²) < 4.78 is 1.37. The van der Waals surface area contributed by atoms with Gasteiger partial charge in [-0.2, -0.15) is 0 Å². The average molecular weight is 262 g/mol. The Morgan fingerprint density at radius 3 is 2.89 bits per heavy atom. The summed E-state index contributed by atoms with van der Waals surface area (Å²) in [4.78, 5) is 0. The van der Waals surface area contributed by atoms with E-state index in [0.29, 0.717) is 0 Å². The van der Waals surface area contributed by atoms with Crippen LogP contribution in [0.15, 0.2) is 29.6 Å². The lowest BCUT2D eigenvalue weighted by Crippen LogP contribution is -2.28. The Morgan fingerprint density at radius 1 is 1.22 bits per heavy atom. The quantitative estimate of drug-likeness (QED) is 0.441. The van der Waals surface area contributed by atoms with Crippen LogP contribution >= 0.6 is 11.3 Å². The number of rotatable bonds is 7. The molecule has 1 unspecified atom stereocenters. The van der Waals surface area contributed by atoms with Gasteiger partial charge in [0.1, 0.15) is 0 Å². The summed E-state index contributed by atoms with van der Waals surface area (Å²) in [6.45, 7) is 2.24. The molecule has 2 rings (SSSR count). The molecule has 18 heavy (non-hydrogen) atoms. The first-order valence-corrected chi connectivity index (χ1v) is 7.67. The van der Waals surface area contributed by atoms with Crippen LogP contribution in [0.2, 0.25) is 0 Å². The second kappa shape index (κ2) is 6.88. The topological polar surface area (TPSA) is 38.0 Å². The van der Waals surface area contributed by atoms with Gasteiger partial charge in [-0.05, 0) is 28.8 Å². The van der Waals surface area contributed by atoms with E-state index < -0.39 is 0 Å². The standard InChI is InChI=1S/C15H22N2S/c1-2-3-4-5-9-14(17-16)13-8-6-7-12-10-11-18-15(12)13/h6-8,10-11,14,17H,2-5,9,16H2,1H3. The summed E-state index contributed by atoms with van der Waals surface area (Å²) in [7, 11) is 0. The van der Waals surface area contributed by atoms with Gasteiger partial charge in [0.15, 0.2) is 0 Å². The zero-order valence-electron chi connectivity index (χ0n) is 11.0. The monoisotopic (exact) mass is 262 g/mol. The van der Waals surface area contributed by atoms with E-state index in [-0.39, 0.29) is 6.04 Å². The Bertz CT molecular complexity index is 478. The van der Waals surface area contributed by atoms with Gasteiger partial charge in [-0.3, -0.25) is 11.3 Å². The number of nitrogens with two attached hydrogens (primary N) is 1. The van der Waals surface area contributed by atoms with E-state index in [9.17, 15) is 0 Å². The molecule has 0 bridgehead atoms. The molecule has 0 saturated carbocycles. The van der Waals surface area contributed by atoms with Gasteiger partial charge < -0.3 is 0 Å². The number of unbranched alkanes of at least 4 members (excludes halogenated alkanes) is 3. The second-order valence-electron chi connectivity index (χ2n) is 4.75. The van der Waals surface area contributed by atoms with E-state index in [0.717, 1.165) is 6.42 Å². The summed E-state index contributed by atoms with van der Waals surface area (Å²) in [5.74, 6) is 5.73. The number of thiophene rings is 1. The molecule has 2 aromatic rings. The van der Waals surface area contributed by atoms with Crippen molar-refractivity contribution in [3.63, 3.8) is 0 Å². The minimum absolute atomic E-state index is 0.282. The molecule has 0 amide bonds. The Kier molecular flexibility index (Phi) is 5.17. The smallest absolute Gasteiger partial charge is 0.0474 e. The maximum absolute atomic E-state index is 5.73. The highest BCUT2D eigenvalue weighted by atomic mass is 32.1. The van der Waals surface area contributed by atoms with Crippen LogP contribution < -0.4 is 11.3 Å². The zero-order chi connectivity index (χ0) is 12.8. The van der Waals surface area contributed by atoms with Crippen LogP contribution in [-0.4, -0.2) is 0 Å². The maximum atomic E-state index is 5.73. The minimum Gasteiger partial charge on any atom is -0.271 e. The first-order valence-electron chi connectivity index (χ1n) is 6.79. The summed E-state index contributed by atoms with van der Waals surface area (Å²) in [6, 6.07) is 8.95. The lowest BCUT2D eigenvalue weighted by Gasteiger charge is -2.17. The molecule has 0 aliphatic heterocycles. The Hall–Kier alpha value is -0.900. The molecule has 0 aliphatic rings. The van der Waals surface area contributed by atoms with Crippen molar-refractivity contribution in [2.75, 3.05) is 0 Å². The fourth-order valence-corrected chi connectivity index (χ4v) is 3.36. The van der Waals surface area contributed by atoms with Crippen LogP contribution in [-0.2, 0) is 0 Å². The molecule has 0 saturated heterocycles. The molecule has 0 spiro atoms. The number of hydrazine groups is 1. The van der Waals surface area contributed by atoms with Crippen molar-refractivity contribution in [2.24, 2.45) is 5.84 Å². The van der Waals surface area contributed by atoms with Gasteiger partial charge in [0.05, 0.1) is 0 Å². The van der Waals surface area contributed by atoms with Gasteiger partial charge in [0.2, 0.25) is 0 Å². The van der Waals surface area contributed by atoms with Gasteiger partial charge >= 0.3 is 0 Å². The SMILES string of the molecule is CCCCCCC(NN)c1cccc2ccsc12. The van der Waals surface area contributed by atoms with Gasteiger partial charge in [-0.1, -0.05) is 50.8 Å². The Labute approximate surface area is 113 Å². The molecule has 0 fully saturated rings. The van der Waals surface area contributed by atoms with Crippen LogP contribution in [0.1, 0.15) is 50.6 Å². The highest BCUT2D eigenvalue weighted by Crippen LogP contribution is 2.31. The Balaban J connectivity index is 2.09. The molecule has 1 aromatic heterocycles.